The fraction of sp³-hybridized carbons (Fsp3) is 0.292. The Morgan fingerprint density at radius 2 is 1.05 bits per heavy atom. The van der Waals surface area contributed by atoms with Gasteiger partial charge in [-0.05, 0) is 108 Å². The number of nitrogens with two attached hydrogens (primary N) is 2. The monoisotopic (exact) mass is 886 g/mol. The van der Waals surface area contributed by atoms with Crippen molar-refractivity contribution in [2.75, 3.05) is 36.3 Å². The van der Waals surface area contributed by atoms with Gasteiger partial charge >= 0.3 is 0 Å². The number of fused-ring (bicyclic) bond motifs is 2. The lowest BCUT2D eigenvalue weighted by atomic mass is 10.0. The van der Waals surface area contributed by atoms with E-state index < -0.39 is 0 Å². The van der Waals surface area contributed by atoms with E-state index in [-0.39, 0.29) is 35.5 Å². The van der Waals surface area contributed by atoms with Gasteiger partial charge in [0.1, 0.15) is 23.3 Å². The molecular formula is C48H50N14O4. The highest BCUT2D eigenvalue weighted by Crippen LogP contribution is 2.49. The minimum Gasteiger partial charge on any atom is -0.383 e. The van der Waals surface area contributed by atoms with Gasteiger partial charge in [0.2, 0.25) is 11.8 Å². The molecule has 10 rings (SSSR count). The smallest absolute Gasteiger partial charge is 0.229 e. The van der Waals surface area contributed by atoms with Crippen molar-refractivity contribution in [1.82, 2.24) is 49.5 Å². The molecule has 0 unspecified atom stereocenters. The van der Waals surface area contributed by atoms with Crippen LogP contribution in [0, 0.1) is 25.7 Å². The summed E-state index contributed by atoms with van der Waals surface area (Å²) in [7, 11) is 7.03. The molecule has 66 heavy (non-hydrogen) atoms. The fourth-order valence-electron chi connectivity index (χ4n) is 8.39. The van der Waals surface area contributed by atoms with Crippen molar-refractivity contribution >= 4 is 56.6 Å². The van der Waals surface area contributed by atoms with Crippen LogP contribution in [-0.4, -0.2) is 75.5 Å². The zero-order valence-electron chi connectivity index (χ0n) is 37.5. The van der Waals surface area contributed by atoms with Gasteiger partial charge in [-0.1, -0.05) is 0 Å². The molecule has 6 N–H and O–H groups in total. The van der Waals surface area contributed by atoms with Crippen molar-refractivity contribution in [3.05, 3.63) is 120 Å². The lowest BCUT2D eigenvalue weighted by Gasteiger charge is -2.11. The number of methoxy groups -OCH3 is 2. The van der Waals surface area contributed by atoms with E-state index in [1.54, 1.807) is 48.4 Å². The summed E-state index contributed by atoms with van der Waals surface area (Å²) in [6.07, 6.45) is 16.1. The Morgan fingerprint density at radius 1 is 0.621 bits per heavy atom. The van der Waals surface area contributed by atoms with Crippen LogP contribution in [0.1, 0.15) is 58.3 Å². The number of carbonyl (C=O) groups is 2. The standard InChI is InChI=1S/2C24H25N7O2/c2*1-13-4-16(12-33-3)26-9-19(13)21-5-14-6-22(27-10-20(14)23(25)29-21)30-24(32)18-7-17(18)15-8-28-31(2)11-15/h2*4-6,8-11,17-18H,7,12H2,1-3H3,(H2,25,29)(H,27,30,32)/t2*17-,18+/m10/s1. The predicted octanol–water partition coefficient (Wildman–Crippen LogP) is 6.41. The van der Waals surface area contributed by atoms with Crippen LogP contribution >= 0.6 is 0 Å². The van der Waals surface area contributed by atoms with E-state index in [2.05, 4.69) is 50.7 Å². The highest BCUT2D eigenvalue weighted by atomic mass is 16.5. The molecule has 0 aromatic carbocycles. The van der Waals surface area contributed by atoms with Crippen molar-refractivity contribution in [3.63, 3.8) is 0 Å². The second-order valence-electron chi connectivity index (χ2n) is 17.0. The van der Waals surface area contributed by atoms with E-state index in [1.165, 1.54) is 0 Å². The first-order valence-electron chi connectivity index (χ1n) is 21.5. The molecule has 18 nitrogen and oxygen atoms in total. The zero-order valence-corrected chi connectivity index (χ0v) is 37.5. The van der Waals surface area contributed by atoms with Crippen LogP contribution < -0.4 is 22.1 Å². The number of nitrogen functional groups attached to an aromatic ring is 2. The van der Waals surface area contributed by atoms with Gasteiger partial charge in [0, 0.05) is 99.2 Å². The minimum absolute atomic E-state index is 0.0354. The molecule has 18 heteroatoms. The van der Waals surface area contributed by atoms with Crippen LogP contribution in [0.3, 0.4) is 0 Å². The van der Waals surface area contributed by atoms with Crippen molar-refractivity contribution in [3.8, 4) is 22.5 Å². The number of nitrogens with zero attached hydrogens (tertiary/aromatic N) is 10. The summed E-state index contributed by atoms with van der Waals surface area (Å²) in [5.74, 6) is 1.97. The average Bonchev–Trinajstić information content (AvgIpc) is 4.18. The quantitative estimate of drug-likeness (QED) is 0.104. The van der Waals surface area contributed by atoms with E-state index in [9.17, 15) is 9.59 Å². The Morgan fingerprint density at radius 3 is 1.41 bits per heavy atom. The van der Waals surface area contributed by atoms with E-state index >= 15 is 0 Å². The molecule has 8 heterocycles. The average molecular weight is 887 g/mol. The number of hydrogen-bond donors (Lipinski definition) is 4. The molecule has 4 atom stereocenters. The fourth-order valence-corrected chi connectivity index (χ4v) is 8.39. The summed E-state index contributed by atoms with van der Waals surface area (Å²) in [6.45, 7) is 4.91. The molecule has 2 amide bonds. The number of pyridine rings is 6. The van der Waals surface area contributed by atoms with Crippen LogP contribution in [-0.2, 0) is 46.4 Å². The number of aryl methyl sites for hydroxylation is 4. The van der Waals surface area contributed by atoms with E-state index in [0.717, 1.165) is 90.5 Å². The van der Waals surface area contributed by atoms with Crippen LogP contribution in [0.25, 0.3) is 44.1 Å². The third-order valence-corrected chi connectivity index (χ3v) is 12.0. The lowest BCUT2D eigenvalue weighted by Crippen LogP contribution is -2.15. The van der Waals surface area contributed by atoms with Gasteiger partial charge in [0.15, 0.2) is 0 Å². The molecule has 2 saturated carbocycles. The maximum Gasteiger partial charge on any atom is 0.229 e. The second kappa shape index (κ2) is 18.1. The molecule has 8 aromatic heterocycles. The summed E-state index contributed by atoms with van der Waals surface area (Å²) in [4.78, 5) is 52.3. The Kier molecular flexibility index (Phi) is 11.9. The number of anilines is 4. The van der Waals surface area contributed by atoms with Crippen molar-refractivity contribution < 1.29 is 19.1 Å². The number of carbonyl (C=O) groups excluding carboxylic acids is 2. The van der Waals surface area contributed by atoms with Crippen LogP contribution in [0.4, 0.5) is 23.3 Å². The van der Waals surface area contributed by atoms with Gasteiger partial charge in [-0.2, -0.15) is 10.2 Å². The SMILES string of the molecule is COCc1cc(C)c(-c2cc3cc(NC(=O)[C@@H]4C[C@H]4c4cnn(C)c4)ncc3c(N)n2)cn1.COCc1cc(C)c(-c2cc3cc(NC(=O)[C@H]4C[C@@H]4c4cnn(C)c4)ncc3c(N)n2)cn1. The molecular weight excluding hydrogens is 837 g/mol. The highest BCUT2D eigenvalue weighted by Gasteiger charge is 2.45. The number of hydrogen-bond acceptors (Lipinski definition) is 14. The summed E-state index contributed by atoms with van der Waals surface area (Å²) < 4.78 is 13.8. The van der Waals surface area contributed by atoms with E-state index in [4.69, 9.17) is 20.9 Å². The Hall–Kier alpha value is -7.70. The number of aromatic nitrogens is 10. The molecule has 0 spiro atoms. The molecule has 336 valence electrons. The lowest BCUT2D eigenvalue weighted by molar-refractivity contribution is -0.118. The van der Waals surface area contributed by atoms with E-state index in [0.29, 0.717) is 36.5 Å². The topological polar surface area (TPSA) is 242 Å². The Labute approximate surface area is 380 Å². The molecule has 2 aliphatic rings. The highest BCUT2D eigenvalue weighted by molar-refractivity contribution is 6.00. The molecule has 0 radical (unpaired) electrons. The maximum atomic E-state index is 12.8. The summed E-state index contributed by atoms with van der Waals surface area (Å²) in [5.41, 5.74) is 21.6. The Balaban J connectivity index is 0.000000166. The van der Waals surface area contributed by atoms with Crippen LogP contribution in [0.15, 0.2) is 86.0 Å². The van der Waals surface area contributed by atoms with Crippen LogP contribution in [0.2, 0.25) is 0 Å². The summed E-state index contributed by atoms with van der Waals surface area (Å²) >= 11 is 0. The normalized spacial score (nSPS) is 17.3. The number of amides is 2. The maximum absolute atomic E-state index is 12.8. The van der Waals surface area contributed by atoms with Crippen molar-refractivity contribution in [2.45, 2.75) is 51.7 Å². The second-order valence-corrected chi connectivity index (χ2v) is 17.0. The van der Waals surface area contributed by atoms with Gasteiger partial charge in [-0.3, -0.25) is 28.9 Å². The summed E-state index contributed by atoms with van der Waals surface area (Å²) in [5, 5.41) is 17.5. The molecule has 2 fully saturated rings. The van der Waals surface area contributed by atoms with Crippen LogP contribution in [0.5, 0.6) is 0 Å². The summed E-state index contributed by atoms with van der Waals surface area (Å²) in [6, 6.07) is 11.5. The number of rotatable bonds is 12. The number of nitrogens with one attached hydrogen (secondary N) is 2. The van der Waals surface area contributed by atoms with E-state index in [1.807, 2.05) is 89.1 Å². The van der Waals surface area contributed by atoms with Crippen molar-refractivity contribution in [1.29, 1.82) is 0 Å². The number of ether oxygens (including phenoxy) is 2. The van der Waals surface area contributed by atoms with Gasteiger partial charge < -0.3 is 31.6 Å². The third-order valence-electron chi connectivity index (χ3n) is 12.0. The van der Waals surface area contributed by atoms with Gasteiger partial charge in [-0.25, -0.2) is 19.9 Å². The predicted molar refractivity (Wildman–Crippen MR) is 251 cm³/mol. The van der Waals surface area contributed by atoms with Gasteiger partial charge in [0.25, 0.3) is 0 Å². The molecule has 0 bridgehead atoms. The molecule has 0 aliphatic heterocycles. The molecule has 8 aromatic rings. The first-order valence-corrected chi connectivity index (χ1v) is 21.5. The molecule has 2 aliphatic carbocycles. The zero-order chi connectivity index (χ0) is 46.2. The minimum atomic E-state index is -0.0656. The Bertz CT molecular complexity index is 2940. The van der Waals surface area contributed by atoms with Gasteiger partial charge in [0.05, 0.1) is 48.4 Å². The first kappa shape index (κ1) is 43.5. The molecule has 0 saturated heterocycles. The van der Waals surface area contributed by atoms with Gasteiger partial charge in [-0.15, -0.1) is 0 Å². The van der Waals surface area contributed by atoms with Crippen molar-refractivity contribution in [2.24, 2.45) is 25.9 Å². The first-order chi connectivity index (χ1) is 31.8. The third kappa shape index (κ3) is 9.27. The largest absolute Gasteiger partial charge is 0.383 e.